The number of hydrogen-bond acceptors (Lipinski definition) is 4. The fourth-order valence-electron chi connectivity index (χ4n) is 1.90. The minimum Gasteiger partial charge on any atom is -0.377 e. The molecule has 19 heavy (non-hydrogen) atoms. The number of rotatable bonds is 6. The molecule has 0 N–H and O–H groups in total. The molecule has 1 aromatic carbocycles. The fourth-order valence-corrected chi connectivity index (χ4v) is 3.14. The van der Waals surface area contributed by atoms with Gasteiger partial charge in [0.25, 0.3) is 0 Å². The number of benzene rings is 1. The first-order valence-electron chi connectivity index (χ1n) is 6.36. The summed E-state index contributed by atoms with van der Waals surface area (Å²) >= 11 is 0. The standard InChI is InChI=1S/C13H19NO4S/c15-19(16)12-18-10-8-14(19)7-4-9-17-11-13-5-2-1-3-6-13/h1-3,5-6H,4,7-12H2. The van der Waals surface area contributed by atoms with Crippen molar-refractivity contribution in [1.82, 2.24) is 4.31 Å². The van der Waals surface area contributed by atoms with Gasteiger partial charge in [-0.05, 0) is 12.0 Å². The molecule has 0 amide bonds. The van der Waals surface area contributed by atoms with Crippen molar-refractivity contribution in [1.29, 1.82) is 0 Å². The number of nitrogens with zero attached hydrogens (tertiary/aromatic N) is 1. The van der Waals surface area contributed by atoms with Gasteiger partial charge in [0, 0.05) is 19.7 Å². The van der Waals surface area contributed by atoms with Crippen LogP contribution in [0.2, 0.25) is 0 Å². The smallest absolute Gasteiger partial charge is 0.238 e. The van der Waals surface area contributed by atoms with Crippen molar-refractivity contribution in [3.05, 3.63) is 35.9 Å². The first kappa shape index (κ1) is 14.5. The van der Waals surface area contributed by atoms with Crippen molar-refractivity contribution >= 4 is 10.0 Å². The SMILES string of the molecule is O=S1(=O)COCCN1CCCOCc1ccccc1. The minimum absolute atomic E-state index is 0.197. The summed E-state index contributed by atoms with van der Waals surface area (Å²) in [5.41, 5.74) is 1.13. The van der Waals surface area contributed by atoms with Crippen LogP contribution in [0.5, 0.6) is 0 Å². The fraction of sp³-hybridized carbons (Fsp3) is 0.538. The lowest BCUT2D eigenvalue weighted by molar-refractivity contribution is 0.103. The first-order valence-corrected chi connectivity index (χ1v) is 7.97. The molecule has 1 aliphatic heterocycles. The summed E-state index contributed by atoms with van der Waals surface area (Å²) in [6, 6.07) is 9.92. The highest BCUT2D eigenvalue weighted by molar-refractivity contribution is 7.88. The summed E-state index contributed by atoms with van der Waals surface area (Å²) in [5.74, 6) is -0.197. The monoisotopic (exact) mass is 285 g/mol. The van der Waals surface area contributed by atoms with E-state index in [0.29, 0.717) is 39.3 Å². The molecule has 1 saturated heterocycles. The maximum absolute atomic E-state index is 11.6. The largest absolute Gasteiger partial charge is 0.377 e. The lowest BCUT2D eigenvalue weighted by atomic mass is 10.2. The van der Waals surface area contributed by atoms with E-state index in [0.717, 1.165) is 5.56 Å². The van der Waals surface area contributed by atoms with E-state index in [2.05, 4.69) is 0 Å². The molecule has 0 unspecified atom stereocenters. The Balaban J connectivity index is 1.64. The van der Waals surface area contributed by atoms with E-state index in [1.807, 2.05) is 30.3 Å². The van der Waals surface area contributed by atoms with Gasteiger partial charge >= 0.3 is 0 Å². The van der Waals surface area contributed by atoms with E-state index in [-0.39, 0.29) is 5.94 Å². The summed E-state index contributed by atoms with van der Waals surface area (Å²) in [7, 11) is -3.21. The molecule has 5 nitrogen and oxygen atoms in total. The Bertz CT molecular complexity index is 475. The maximum Gasteiger partial charge on any atom is 0.238 e. The number of ether oxygens (including phenoxy) is 2. The molecule has 2 rings (SSSR count). The molecule has 0 saturated carbocycles. The topological polar surface area (TPSA) is 55.8 Å². The van der Waals surface area contributed by atoms with Crippen molar-refractivity contribution in [2.24, 2.45) is 0 Å². The second kappa shape index (κ2) is 7.00. The molecule has 0 spiro atoms. The van der Waals surface area contributed by atoms with Crippen LogP contribution < -0.4 is 0 Å². The summed E-state index contributed by atoms with van der Waals surface area (Å²) in [5, 5.41) is 0. The molecular weight excluding hydrogens is 266 g/mol. The van der Waals surface area contributed by atoms with E-state index < -0.39 is 10.0 Å². The van der Waals surface area contributed by atoms with Crippen LogP contribution in [0.3, 0.4) is 0 Å². The third kappa shape index (κ3) is 4.58. The second-order valence-corrected chi connectivity index (χ2v) is 6.34. The Labute approximate surface area is 114 Å². The summed E-state index contributed by atoms with van der Waals surface area (Å²) in [4.78, 5) is 0. The van der Waals surface area contributed by atoms with Crippen molar-refractivity contribution < 1.29 is 17.9 Å². The van der Waals surface area contributed by atoms with Crippen molar-refractivity contribution in [3.63, 3.8) is 0 Å². The predicted molar refractivity (Wildman–Crippen MR) is 72.0 cm³/mol. The zero-order valence-corrected chi connectivity index (χ0v) is 11.6. The van der Waals surface area contributed by atoms with E-state index in [9.17, 15) is 8.42 Å². The van der Waals surface area contributed by atoms with Gasteiger partial charge in [0.2, 0.25) is 10.0 Å². The highest BCUT2D eigenvalue weighted by Gasteiger charge is 2.25. The van der Waals surface area contributed by atoms with Crippen LogP contribution in [0.15, 0.2) is 30.3 Å². The highest BCUT2D eigenvalue weighted by atomic mass is 32.2. The molecular formula is C13H19NO4S. The molecule has 1 fully saturated rings. The summed E-state index contributed by atoms with van der Waals surface area (Å²) in [6.45, 7) is 2.55. The van der Waals surface area contributed by atoms with Crippen molar-refractivity contribution in [2.45, 2.75) is 13.0 Å². The van der Waals surface area contributed by atoms with Crippen LogP contribution >= 0.6 is 0 Å². The molecule has 1 heterocycles. The molecule has 0 bridgehead atoms. The molecule has 106 valence electrons. The lowest BCUT2D eigenvalue weighted by Gasteiger charge is -2.26. The third-order valence-corrected chi connectivity index (χ3v) is 4.53. The molecule has 0 radical (unpaired) electrons. The quantitative estimate of drug-likeness (QED) is 0.737. The zero-order valence-electron chi connectivity index (χ0n) is 10.8. The van der Waals surface area contributed by atoms with Crippen molar-refractivity contribution in [2.75, 3.05) is 32.2 Å². The Morgan fingerprint density at radius 1 is 1.26 bits per heavy atom. The molecule has 0 aromatic heterocycles. The first-order chi connectivity index (χ1) is 9.18. The minimum atomic E-state index is -3.21. The van der Waals surface area contributed by atoms with Gasteiger partial charge in [-0.3, -0.25) is 0 Å². The Kier molecular flexibility index (Phi) is 5.33. The van der Waals surface area contributed by atoms with E-state index in [1.165, 1.54) is 4.31 Å². The lowest BCUT2D eigenvalue weighted by Crippen LogP contribution is -2.41. The Hall–Kier alpha value is -0.950. The van der Waals surface area contributed by atoms with Crippen LogP contribution in [0.25, 0.3) is 0 Å². The van der Waals surface area contributed by atoms with Gasteiger partial charge in [-0.15, -0.1) is 0 Å². The molecule has 1 aliphatic rings. The molecule has 0 aliphatic carbocycles. The van der Waals surface area contributed by atoms with Gasteiger partial charge < -0.3 is 9.47 Å². The van der Waals surface area contributed by atoms with Gasteiger partial charge in [-0.1, -0.05) is 30.3 Å². The van der Waals surface area contributed by atoms with Gasteiger partial charge in [0.15, 0.2) is 5.94 Å². The Morgan fingerprint density at radius 3 is 2.79 bits per heavy atom. The average molecular weight is 285 g/mol. The van der Waals surface area contributed by atoms with E-state index in [4.69, 9.17) is 9.47 Å². The normalized spacial score (nSPS) is 19.4. The van der Waals surface area contributed by atoms with Crippen LogP contribution in [0.1, 0.15) is 12.0 Å². The number of hydrogen-bond donors (Lipinski definition) is 0. The van der Waals surface area contributed by atoms with Gasteiger partial charge in [-0.25, -0.2) is 8.42 Å². The number of sulfonamides is 1. The molecule has 1 aromatic rings. The van der Waals surface area contributed by atoms with Gasteiger partial charge in [0.05, 0.1) is 13.2 Å². The summed E-state index contributed by atoms with van der Waals surface area (Å²) < 4.78 is 35.2. The van der Waals surface area contributed by atoms with E-state index in [1.54, 1.807) is 0 Å². The highest BCUT2D eigenvalue weighted by Crippen LogP contribution is 2.09. The Morgan fingerprint density at radius 2 is 2.05 bits per heavy atom. The van der Waals surface area contributed by atoms with Crippen LogP contribution in [-0.2, 0) is 26.1 Å². The second-order valence-electron chi connectivity index (χ2n) is 4.43. The predicted octanol–water partition coefficient (Wildman–Crippen LogP) is 1.21. The zero-order chi connectivity index (χ0) is 13.6. The van der Waals surface area contributed by atoms with E-state index >= 15 is 0 Å². The van der Waals surface area contributed by atoms with Crippen molar-refractivity contribution in [3.8, 4) is 0 Å². The van der Waals surface area contributed by atoms with Crippen LogP contribution in [0.4, 0.5) is 0 Å². The average Bonchev–Trinajstić information content (AvgIpc) is 2.41. The van der Waals surface area contributed by atoms with Gasteiger partial charge in [-0.2, -0.15) is 4.31 Å². The molecule has 6 heteroatoms. The summed E-state index contributed by atoms with van der Waals surface area (Å²) in [6.07, 6.45) is 0.700. The third-order valence-electron chi connectivity index (χ3n) is 2.92. The maximum atomic E-state index is 11.6. The van der Waals surface area contributed by atoms with Gasteiger partial charge in [0.1, 0.15) is 0 Å². The molecule has 0 atom stereocenters. The van der Waals surface area contributed by atoms with Crippen LogP contribution in [-0.4, -0.2) is 45.0 Å². The van der Waals surface area contributed by atoms with Crippen LogP contribution in [0, 0.1) is 0 Å².